The van der Waals surface area contributed by atoms with Gasteiger partial charge in [0.1, 0.15) is 6.10 Å². The Balaban J connectivity index is 2.35. The van der Waals surface area contributed by atoms with Gasteiger partial charge in [-0.3, -0.25) is 4.79 Å². The smallest absolute Gasteiger partial charge is 0.294 e. The Kier molecular flexibility index (Phi) is 3.88. The van der Waals surface area contributed by atoms with Gasteiger partial charge in [-0.2, -0.15) is 0 Å². The minimum absolute atomic E-state index is 0.0358. The molecule has 0 radical (unpaired) electrons. The topological polar surface area (TPSA) is 72.7 Å². The maximum absolute atomic E-state index is 11.1. The second-order valence-corrected chi connectivity index (χ2v) is 3.89. The molecule has 0 aromatic rings. The van der Waals surface area contributed by atoms with Crippen molar-refractivity contribution in [3.8, 4) is 0 Å². The summed E-state index contributed by atoms with van der Waals surface area (Å²) in [5.41, 5.74) is 0. The molecular weight excluding hydrogens is 200 g/mol. The number of carbonyl (C=O) groups excluding carboxylic acids is 1. The number of nitrogens with zero attached hydrogens (tertiary/aromatic N) is 2. The van der Waals surface area contributed by atoms with Gasteiger partial charge in [-0.25, -0.2) is 0 Å². The van der Waals surface area contributed by atoms with Crippen LogP contribution in [0.15, 0.2) is 0 Å². The SMILES string of the molecule is CC(=O)N(C)C1CCC(O[N+](=O)[O-])CC1. The molecule has 0 aliphatic heterocycles. The van der Waals surface area contributed by atoms with Crippen molar-refractivity contribution in [3.05, 3.63) is 10.1 Å². The van der Waals surface area contributed by atoms with Crippen LogP contribution >= 0.6 is 0 Å². The zero-order valence-electron chi connectivity index (χ0n) is 9.01. The molecule has 0 spiro atoms. The van der Waals surface area contributed by atoms with E-state index in [1.807, 2.05) is 0 Å². The number of hydrogen-bond donors (Lipinski definition) is 0. The number of amides is 1. The summed E-state index contributed by atoms with van der Waals surface area (Å²) in [4.78, 5) is 27.4. The van der Waals surface area contributed by atoms with Crippen molar-refractivity contribution in [1.29, 1.82) is 0 Å². The van der Waals surface area contributed by atoms with E-state index < -0.39 is 5.09 Å². The molecule has 0 unspecified atom stereocenters. The predicted octanol–water partition coefficient (Wildman–Crippen LogP) is 0.984. The Morgan fingerprint density at radius 1 is 1.40 bits per heavy atom. The highest BCUT2D eigenvalue weighted by atomic mass is 17.0. The minimum atomic E-state index is -0.736. The fourth-order valence-corrected chi connectivity index (χ4v) is 1.92. The third kappa shape index (κ3) is 3.38. The molecule has 0 N–H and O–H groups in total. The van der Waals surface area contributed by atoms with Gasteiger partial charge in [-0.1, -0.05) is 0 Å². The molecule has 86 valence electrons. The van der Waals surface area contributed by atoms with Crippen molar-refractivity contribution in [2.45, 2.75) is 44.8 Å². The number of hydrogen-bond acceptors (Lipinski definition) is 4. The van der Waals surface area contributed by atoms with Crippen LogP contribution in [-0.4, -0.2) is 35.1 Å². The van der Waals surface area contributed by atoms with E-state index >= 15 is 0 Å². The van der Waals surface area contributed by atoms with E-state index in [1.165, 1.54) is 6.92 Å². The molecule has 0 saturated heterocycles. The molecule has 0 bridgehead atoms. The van der Waals surface area contributed by atoms with Gasteiger partial charge < -0.3 is 9.74 Å². The summed E-state index contributed by atoms with van der Waals surface area (Å²) in [5, 5.41) is 9.37. The van der Waals surface area contributed by atoms with Gasteiger partial charge >= 0.3 is 0 Å². The van der Waals surface area contributed by atoms with Gasteiger partial charge in [0, 0.05) is 20.0 Å². The van der Waals surface area contributed by atoms with E-state index in [0.717, 1.165) is 12.8 Å². The van der Waals surface area contributed by atoms with Gasteiger partial charge in [0.2, 0.25) is 5.91 Å². The van der Waals surface area contributed by atoms with Crippen LogP contribution in [0.1, 0.15) is 32.6 Å². The van der Waals surface area contributed by atoms with Crippen LogP contribution in [0.3, 0.4) is 0 Å². The summed E-state index contributed by atoms with van der Waals surface area (Å²) in [6, 6.07) is 0.203. The molecule has 1 rings (SSSR count). The zero-order valence-corrected chi connectivity index (χ0v) is 9.01. The first-order valence-electron chi connectivity index (χ1n) is 5.05. The zero-order chi connectivity index (χ0) is 11.4. The van der Waals surface area contributed by atoms with Crippen LogP contribution in [0.25, 0.3) is 0 Å². The van der Waals surface area contributed by atoms with Gasteiger partial charge in [-0.15, -0.1) is 10.1 Å². The fraction of sp³-hybridized carbons (Fsp3) is 0.889. The molecule has 1 aliphatic carbocycles. The Morgan fingerprint density at radius 3 is 2.33 bits per heavy atom. The third-order valence-electron chi connectivity index (χ3n) is 2.92. The molecule has 1 saturated carbocycles. The van der Waals surface area contributed by atoms with Crippen molar-refractivity contribution in [2.75, 3.05) is 7.05 Å². The van der Waals surface area contributed by atoms with E-state index in [9.17, 15) is 14.9 Å². The molecule has 6 heteroatoms. The first-order valence-corrected chi connectivity index (χ1v) is 5.05. The first kappa shape index (κ1) is 11.7. The standard InChI is InChI=1S/C9H16N2O4/c1-7(12)10(2)8-3-5-9(6-4-8)15-11(13)14/h8-9H,3-6H2,1-2H3. The quantitative estimate of drug-likeness (QED) is 0.520. The van der Waals surface area contributed by atoms with Gasteiger partial charge in [-0.05, 0) is 25.7 Å². The second kappa shape index (κ2) is 4.95. The molecular formula is C9H16N2O4. The Bertz CT molecular complexity index is 248. The molecule has 15 heavy (non-hydrogen) atoms. The Hall–Kier alpha value is -1.33. The monoisotopic (exact) mass is 216 g/mol. The number of rotatable bonds is 3. The molecule has 1 amide bonds. The van der Waals surface area contributed by atoms with Crippen LogP contribution in [0.5, 0.6) is 0 Å². The summed E-state index contributed by atoms with van der Waals surface area (Å²) in [6.07, 6.45) is 2.53. The summed E-state index contributed by atoms with van der Waals surface area (Å²) in [5.74, 6) is 0.0358. The first-order chi connectivity index (χ1) is 7.00. The normalized spacial score (nSPS) is 25.7. The molecule has 0 heterocycles. The van der Waals surface area contributed by atoms with E-state index in [-0.39, 0.29) is 18.1 Å². The average Bonchev–Trinajstić information content (AvgIpc) is 2.17. The van der Waals surface area contributed by atoms with Crippen LogP contribution < -0.4 is 0 Å². The molecule has 0 aromatic carbocycles. The minimum Gasteiger partial charge on any atom is -0.343 e. The molecule has 6 nitrogen and oxygen atoms in total. The van der Waals surface area contributed by atoms with Crippen LogP contribution in [-0.2, 0) is 9.63 Å². The van der Waals surface area contributed by atoms with Gasteiger partial charge in [0.25, 0.3) is 5.09 Å². The van der Waals surface area contributed by atoms with Crippen LogP contribution in [0.2, 0.25) is 0 Å². The van der Waals surface area contributed by atoms with Crippen LogP contribution in [0, 0.1) is 10.1 Å². The van der Waals surface area contributed by atoms with Crippen molar-refractivity contribution >= 4 is 5.91 Å². The van der Waals surface area contributed by atoms with E-state index in [1.54, 1.807) is 11.9 Å². The maximum atomic E-state index is 11.1. The summed E-state index contributed by atoms with van der Waals surface area (Å²) < 4.78 is 0. The highest BCUT2D eigenvalue weighted by molar-refractivity contribution is 5.73. The van der Waals surface area contributed by atoms with E-state index in [2.05, 4.69) is 4.84 Å². The summed E-state index contributed by atoms with van der Waals surface area (Å²) >= 11 is 0. The third-order valence-corrected chi connectivity index (χ3v) is 2.92. The van der Waals surface area contributed by atoms with Crippen molar-refractivity contribution in [3.63, 3.8) is 0 Å². The molecule has 0 atom stereocenters. The lowest BCUT2D eigenvalue weighted by atomic mass is 9.92. The lowest BCUT2D eigenvalue weighted by molar-refractivity contribution is -0.769. The van der Waals surface area contributed by atoms with Gasteiger partial charge in [0.15, 0.2) is 0 Å². The highest BCUT2D eigenvalue weighted by Crippen LogP contribution is 2.24. The summed E-state index contributed by atoms with van der Waals surface area (Å²) in [7, 11) is 1.77. The number of carbonyl (C=O) groups is 1. The van der Waals surface area contributed by atoms with Crippen molar-refractivity contribution in [2.24, 2.45) is 0 Å². The largest absolute Gasteiger partial charge is 0.343 e. The summed E-state index contributed by atoms with van der Waals surface area (Å²) in [6.45, 7) is 1.53. The van der Waals surface area contributed by atoms with Crippen molar-refractivity contribution < 1.29 is 14.7 Å². The fourth-order valence-electron chi connectivity index (χ4n) is 1.92. The van der Waals surface area contributed by atoms with Crippen molar-refractivity contribution in [1.82, 2.24) is 4.90 Å². The maximum Gasteiger partial charge on any atom is 0.294 e. The lowest BCUT2D eigenvalue weighted by Gasteiger charge is -2.33. The van der Waals surface area contributed by atoms with E-state index in [0.29, 0.717) is 12.8 Å². The predicted molar refractivity (Wildman–Crippen MR) is 52.6 cm³/mol. The lowest BCUT2D eigenvalue weighted by Crippen LogP contribution is -2.39. The Morgan fingerprint density at radius 2 is 1.93 bits per heavy atom. The molecule has 1 aliphatic rings. The molecule has 0 aromatic heterocycles. The van der Waals surface area contributed by atoms with Gasteiger partial charge in [0.05, 0.1) is 0 Å². The second-order valence-electron chi connectivity index (χ2n) is 3.89. The highest BCUT2D eigenvalue weighted by Gasteiger charge is 2.26. The Labute approximate surface area is 88.3 Å². The average molecular weight is 216 g/mol. The van der Waals surface area contributed by atoms with E-state index in [4.69, 9.17) is 0 Å². The van der Waals surface area contributed by atoms with Crippen LogP contribution in [0.4, 0.5) is 0 Å². The molecule has 1 fully saturated rings.